The summed E-state index contributed by atoms with van der Waals surface area (Å²) in [4.78, 5) is 8.31. The molecule has 0 radical (unpaired) electrons. The van der Waals surface area contributed by atoms with Crippen molar-refractivity contribution in [2.75, 3.05) is 5.73 Å². The Hall–Kier alpha value is -2.37. The maximum Gasteiger partial charge on any atom is 0.245 e. The summed E-state index contributed by atoms with van der Waals surface area (Å²) >= 11 is 0. The normalized spacial score (nSPS) is 10.9. The summed E-state index contributed by atoms with van der Waals surface area (Å²) in [5.74, 6) is 0.843. The maximum atomic E-state index is 5.64. The van der Waals surface area contributed by atoms with E-state index in [4.69, 9.17) is 10.2 Å². The Bertz CT molecular complexity index is 598. The van der Waals surface area contributed by atoms with Gasteiger partial charge in [0.2, 0.25) is 5.89 Å². The van der Waals surface area contributed by atoms with Crippen LogP contribution in [0.3, 0.4) is 0 Å². The Labute approximate surface area is 84.1 Å². The number of H-pyrrole nitrogens is 1. The number of nitrogens with one attached hydrogen (secondary N) is 1. The number of hydrogen-bond donors (Lipinski definition) is 2. The van der Waals surface area contributed by atoms with E-state index in [1.807, 2.05) is 6.07 Å². The molecular formula is C9H7N5O. The van der Waals surface area contributed by atoms with E-state index in [1.54, 1.807) is 12.3 Å². The van der Waals surface area contributed by atoms with Crippen LogP contribution in [0, 0.1) is 0 Å². The predicted octanol–water partition coefficient (Wildman–Crippen LogP) is 1.20. The number of aromatic amines is 1. The lowest BCUT2D eigenvalue weighted by atomic mass is 10.3. The van der Waals surface area contributed by atoms with Crippen LogP contribution in [0.4, 0.5) is 5.82 Å². The molecule has 0 aromatic carbocycles. The number of nitrogen functional groups attached to an aromatic ring is 1. The van der Waals surface area contributed by atoms with Gasteiger partial charge in [0, 0.05) is 0 Å². The van der Waals surface area contributed by atoms with Crippen LogP contribution in [0.15, 0.2) is 29.0 Å². The molecule has 6 nitrogen and oxygen atoms in total. The second-order valence-electron chi connectivity index (χ2n) is 3.04. The quantitative estimate of drug-likeness (QED) is 0.616. The Morgan fingerprint density at radius 1 is 1.33 bits per heavy atom. The third-order valence-electron chi connectivity index (χ3n) is 2.09. The second kappa shape index (κ2) is 2.81. The van der Waals surface area contributed by atoms with E-state index in [2.05, 4.69) is 20.2 Å². The number of oxazole rings is 1. The van der Waals surface area contributed by atoms with E-state index in [0.29, 0.717) is 22.9 Å². The second-order valence-corrected chi connectivity index (χ2v) is 3.04. The molecule has 0 aliphatic heterocycles. The summed E-state index contributed by atoms with van der Waals surface area (Å²) in [5.41, 5.74) is 7.71. The molecule has 3 heterocycles. The molecular weight excluding hydrogens is 194 g/mol. The lowest BCUT2D eigenvalue weighted by molar-refractivity contribution is 0.572. The summed E-state index contributed by atoms with van der Waals surface area (Å²) in [7, 11) is 0. The van der Waals surface area contributed by atoms with E-state index in [0.717, 1.165) is 5.52 Å². The number of rotatable bonds is 1. The maximum absolute atomic E-state index is 5.64. The minimum Gasteiger partial charge on any atom is -0.443 e. The molecule has 6 heteroatoms. The summed E-state index contributed by atoms with van der Waals surface area (Å²) in [6.45, 7) is 0. The van der Waals surface area contributed by atoms with Gasteiger partial charge >= 0.3 is 0 Å². The number of pyridine rings is 1. The number of aromatic nitrogens is 4. The molecule has 15 heavy (non-hydrogen) atoms. The molecule has 0 spiro atoms. The van der Waals surface area contributed by atoms with Gasteiger partial charge in [0.25, 0.3) is 0 Å². The minimum absolute atomic E-state index is 0.374. The summed E-state index contributed by atoms with van der Waals surface area (Å²) in [6.07, 6.45) is 3.07. The lowest BCUT2D eigenvalue weighted by Crippen LogP contribution is -1.88. The smallest absolute Gasteiger partial charge is 0.245 e. The van der Waals surface area contributed by atoms with Crippen molar-refractivity contribution in [3.8, 4) is 11.6 Å². The van der Waals surface area contributed by atoms with Crippen LogP contribution in [0.2, 0.25) is 0 Å². The molecule has 0 aliphatic carbocycles. The number of anilines is 1. The molecule has 0 fully saturated rings. The molecule has 0 bridgehead atoms. The highest BCUT2D eigenvalue weighted by atomic mass is 16.3. The van der Waals surface area contributed by atoms with E-state index in [-0.39, 0.29) is 0 Å². The molecule has 3 aromatic rings. The SMILES string of the molecule is Nc1n[nH]c2ccc(-c3ncco3)nc12. The first-order valence-electron chi connectivity index (χ1n) is 4.35. The van der Waals surface area contributed by atoms with Crippen LogP contribution in [-0.4, -0.2) is 20.2 Å². The van der Waals surface area contributed by atoms with Crippen LogP contribution < -0.4 is 5.73 Å². The van der Waals surface area contributed by atoms with Gasteiger partial charge in [-0.2, -0.15) is 5.10 Å². The fraction of sp³-hybridized carbons (Fsp3) is 0. The number of nitrogens with zero attached hydrogens (tertiary/aromatic N) is 3. The lowest BCUT2D eigenvalue weighted by Gasteiger charge is -1.94. The Kier molecular flexibility index (Phi) is 1.49. The van der Waals surface area contributed by atoms with Crippen molar-refractivity contribution >= 4 is 16.9 Å². The monoisotopic (exact) mass is 201 g/mol. The first kappa shape index (κ1) is 7.98. The van der Waals surface area contributed by atoms with Gasteiger partial charge in [-0.15, -0.1) is 0 Å². The Balaban J connectivity index is 2.25. The van der Waals surface area contributed by atoms with E-state index in [9.17, 15) is 0 Å². The van der Waals surface area contributed by atoms with Crippen molar-refractivity contribution in [1.29, 1.82) is 0 Å². The van der Waals surface area contributed by atoms with Gasteiger partial charge in [0.1, 0.15) is 17.5 Å². The molecule has 0 saturated heterocycles. The molecule has 0 atom stereocenters. The molecule has 3 rings (SSSR count). The van der Waals surface area contributed by atoms with E-state index >= 15 is 0 Å². The molecule has 0 aliphatic rings. The molecule has 3 aromatic heterocycles. The summed E-state index contributed by atoms with van der Waals surface area (Å²) < 4.78 is 5.14. The van der Waals surface area contributed by atoms with Crippen LogP contribution in [0.1, 0.15) is 0 Å². The number of nitrogens with two attached hydrogens (primary N) is 1. The van der Waals surface area contributed by atoms with Crippen molar-refractivity contribution in [2.45, 2.75) is 0 Å². The molecule has 3 N–H and O–H groups in total. The van der Waals surface area contributed by atoms with Crippen LogP contribution in [0.5, 0.6) is 0 Å². The zero-order valence-electron chi connectivity index (χ0n) is 7.64. The number of fused-ring (bicyclic) bond motifs is 1. The molecule has 0 amide bonds. The fourth-order valence-corrected chi connectivity index (χ4v) is 1.39. The molecule has 74 valence electrons. The highest BCUT2D eigenvalue weighted by Gasteiger charge is 2.08. The standard InChI is InChI=1S/C9H7N5O/c10-8-7-5(13-14-8)1-2-6(12-7)9-11-3-4-15-9/h1-4H,(H3,10,13,14). The van der Waals surface area contributed by atoms with Gasteiger partial charge in [0.05, 0.1) is 11.7 Å². The van der Waals surface area contributed by atoms with Gasteiger partial charge < -0.3 is 10.2 Å². The molecule has 0 saturated carbocycles. The minimum atomic E-state index is 0.374. The Morgan fingerprint density at radius 2 is 2.27 bits per heavy atom. The largest absolute Gasteiger partial charge is 0.443 e. The Morgan fingerprint density at radius 3 is 3.07 bits per heavy atom. The summed E-state index contributed by atoms with van der Waals surface area (Å²) in [5, 5.41) is 6.63. The topological polar surface area (TPSA) is 93.6 Å². The highest BCUT2D eigenvalue weighted by Crippen LogP contribution is 2.20. The van der Waals surface area contributed by atoms with Crippen LogP contribution >= 0.6 is 0 Å². The van der Waals surface area contributed by atoms with Gasteiger partial charge in [0.15, 0.2) is 5.82 Å². The van der Waals surface area contributed by atoms with E-state index in [1.165, 1.54) is 6.26 Å². The van der Waals surface area contributed by atoms with E-state index < -0.39 is 0 Å². The average Bonchev–Trinajstić information content (AvgIpc) is 2.88. The summed E-state index contributed by atoms with van der Waals surface area (Å²) in [6, 6.07) is 3.64. The zero-order chi connectivity index (χ0) is 10.3. The van der Waals surface area contributed by atoms with Crippen molar-refractivity contribution in [2.24, 2.45) is 0 Å². The average molecular weight is 201 g/mol. The van der Waals surface area contributed by atoms with Gasteiger partial charge in [-0.25, -0.2) is 9.97 Å². The van der Waals surface area contributed by atoms with Gasteiger partial charge in [-0.3, -0.25) is 5.10 Å². The van der Waals surface area contributed by atoms with Crippen LogP contribution in [-0.2, 0) is 0 Å². The predicted molar refractivity (Wildman–Crippen MR) is 53.8 cm³/mol. The third-order valence-corrected chi connectivity index (χ3v) is 2.09. The van der Waals surface area contributed by atoms with Crippen molar-refractivity contribution in [3.63, 3.8) is 0 Å². The van der Waals surface area contributed by atoms with Gasteiger partial charge in [-0.1, -0.05) is 0 Å². The van der Waals surface area contributed by atoms with Crippen molar-refractivity contribution in [1.82, 2.24) is 20.2 Å². The first-order chi connectivity index (χ1) is 7.34. The van der Waals surface area contributed by atoms with Crippen molar-refractivity contribution < 1.29 is 4.42 Å². The third kappa shape index (κ3) is 1.15. The van der Waals surface area contributed by atoms with Gasteiger partial charge in [-0.05, 0) is 12.1 Å². The first-order valence-corrected chi connectivity index (χ1v) is 4.35. The highest BCUT2D eigenvalue weighted by molar-refractivity contribution is 5.85. The zero-order valence-corrected chi connectivity index (χ0v) is 7.64. The fourth-order valence-electron chi connectivity index (χ4n) is 1.39. The number of hydrogen-bond acceptors (Lipinski definition) is 5. The van der Waals surface area contributed by atoms with Crippen molar-refractivity contribution in [3.05, 3.63) is 24.6 Å². The van der Waals surface area contributed by atoms with Crippen LogP contribution in [0.25, 0.3) is 22.6 Å². The molecule has 0 unspecified atom stereocenters.